The fraction of sp³-hybridized carbons (Fsp3) is 0.500. The van der Waals surface area contributed by atoms with E-state index in [9.17, 15) is 9.59 Å². The van der Waals surface area contributed by atoms with Gasteiger partial charge in [0.15, 0.2) is 0 Å². The number of amides is 1. The maximum atomic E-state index is 12.0. The summed E-state index contributed by atoms with van der Waals surface area (Å²) in [5, 5.41) is 2.73. The summed E-state index contributed by atoms with van der Waals surface area (Å²) in [4.78, 5) is 23.1. The maximum absolute atomic E-state index is 12.0. The Labute approximate surface area is 114 Å². The molecule has 1 rings (SSSR count). The van der Waals surface area contributed by atoms with Crippen LogP contribution in [0.1, 0.15) is 35.2 Å². The average molecular weight is 318 g/mol. The van der Waals surface area contributed by atoms with Gasteiger partial charge in [0.25, 0.3) is 5.91 Å². The average Bonchev–Trinajstić information content (AvgIpc) is 2.52. The van der Waals surface area contributed by atoms with Gasteiger partial charge in [-0.2, -0.15) is 0 Å². The fourth-order valence-corrected chi connectivity index (χ4v) is 2.14. The van der Waals surface area contributed by atoms with Gasteiger partial charge in [0, 0.05) is 6.04 Å². The molecule has 1 amide bonds. The summed E-state index contributed by atoms with van der Waals surface area (Å²) < 4.78 is 10.5. The van der Waals surface area contributed by atoms with E-state index in [1.807, 2.05) is 0 Å². The molecule has 0 saturated carbocycles. The van der Waals surface area contributed by atoms with Gasteiger partial charge in [0.1, 0.15) is 11.5 Å². The molecular weight excluding hydrogens is 302 g/mol. The van der Waals surface area contributed by atoms with Crippen molar-refractivity contribution in [2.24, 2.45) is 0 Å². The Kier molecular flexibility index (Phi) is 4.95. The third-order valence-electron chi connectivity index (χ3n) is 2.49. The van der Waals surface area contributed by atoms with E-state index in [1.54, 1.807) is 20.8 Å². The molecule has 1 heterocycles. The Hall–Kier alpha value is -1.30. The van der Waals surface area contributed by atoms with Crippen molar-refractivity contribution in [3.63, 3.8) is 0 Å². The third-order valence-corrected chi connectivity index (χ3v) is 3.45. The first-order valence-corrected chi connectivity index (χ1v) is 6.29. The number of carbonyl (C=O) groups excluding carboxylic acids is 2. The van der Waals surface area contributed by atoms with Gasteiger partial charge in [-0.05, 0) is 36.7 Å². The standard InChI is InChI=1S/C12H16BrNO4/c1-6(5-9(15)17-4)14-12(16)10-7(2)18-8(3)11(10)13/h6H,5H2,1-4H3,(H,14,16)/t6-/m0/s1. The number of methoxy groups -OCH3 is 1. The number of carbonyl (C=O) groups is 2. The summed E-state index contributed by atoms with van der Waals surface area (Å²) in [7, 11) is 1.32. The van der Waals surface area contributed by atoms with Crippen molar-refractivity contribution in [1.82, 2.24) is 5.32 Å². The van der Waals surface area contributed by atoms with Crippen LogP contribution in [0.25, 0.3) is 0 Å². The second-order valence-electron chi connectivity index (χ2n) is 4.06. The molecule has 0 radical (unpaired) electrons. The lowest BCUT2D eigenvalue weighted by atomic mass is 10.2. The van der Waals surface area contributed by atoms with Crippen LogP contribution >= 0.6 is 15.9 Å². The van der Waals surface area contributed by atoms with Crippen LogP contribution in [-0.4, -0.2) is 25.0 Å². The Morgan fingerprint density at radius 2 is 2.00 bits per heavy atom. The summed E-state index contributed by atoms with van der Waals surface area (Å²) in [5.41, 5.74) is 0.462. The molecule has 1 atom stereocenters. The lowest BCUT2D eigenvalue weighted by Crippen LogP contribution is -2.34. The molecule has 0 saturated heterocycles. The van der Waals surface area contributed by atoms with Crippen LogP contribution in [-0.2, 0) is 9.53 Å². The van der Waals surface area contributed by atoms with Crippen molar-refractivity contribution in [1.29, 1.82) is 0 Å². The molecule has 6 heteroatoms. The first-order chi connectivity index (χ1) is 8.36. The predicted molar refractivity (Wildman–Crippen MR) is 69.4 cm³/mol. The number of ether oxygens (including phenoxy) is 1. The molecule has 100 valence electrons. The van der Waals surface area contributed by atoms with Crippen LogP contribution in [0.15, 0.2) is 8.89 Å². The Bertz CT molecular complexity index is 467. The van der Waals surface area contributed by atoms with Crippen molar-refractivity contribution >= 4 is 27.8 Å². The van der Waals surface area contributed by atoms with E-state index in [0.717, 1.165) is 0 Å². The minimum absolute atomic E-state index is 0.135. The molecule has 0 spiro atoms. The van der Waals surface area contributed by atoms with E-state index in [0.29, 0.717) is 21.6 Å². The number of hydrogen-bond acceptors (Lipinski definition) is 4. The van der Waals surface area contributed by atoms with Gasteiger partial charge >= 0.3 is 5.97 Å². The number of aryl methyl sites for hydroxylation is 2. The highest BCUT2D eigenvalue weighted by molar-refractivity contribution is 9.10. The van der Waals surface area contributed by atoms with Crippen LogP contribution in [0.4, 0.5) is 0 Å². The second kappa shape index (κ2) is 6.04. The van der Waals surface area contributed by atoms with Gasteiger partial charge in [-0.1, -0.05) is 0 Å². The van der Waals surface area contributed by atoms with Crippen LogP contribution in [0, 0.1) is 13.8 Å². The number of nitrogens with one attached hydrogen (secondary N) is 1. The van der Waals surface area contributed by atoms with Gasteiger partial charge in [0.2, 0.25) is 0 Å². The largest absolute Gasteiger partial charge is 0.469 e. The van der Waals surface area contributed by atoms with Crippen molar-refractivity contribution in [2.45, 2.75) is 33.2 Å². The fourth-order valence-electron chi connectivity index (χ4n) is 1.60. The monoisotopic (exact) mass is 317 g/mol. The molecule has 18 heavy (non-hydrogen) atoms. The van der Waals surface area contributed by atoms with E-state index in [2.05, 4.69) is 26.0 Å². The smallest absolute Gasteiger partial charge is 0.307 e. The van der Waals surface area contributed by atoms with Gasteiger partial charge in [-0.15, -0.1) is 0 Å². The van der Waals surface area contributed by atoms with Crippen molar-refractivity contribution < 1.29 is 18.7 Å². The van der Waals surface area contributed by atoms with E-state index >= 15 is 0 Å². The number of esters is 1. The lowest BCUT2D eigenvalue weighted by molar-refractivity contribution is -0.141. The first-order valence-electron chi connectivity index (χ1n) is 5.50. The van der Waals surface area contributed by atoms with E-state index in [4.69, 9.17) is 4.42 Å². The highest BCUT2D eigenvalue weighted by Gasteiger charge is 2.21. The van der Waals surface area contributed by atoms with Crippen molar-refractivity contribution in [3.8, 4) is 0 Å². The highest BCUT2D eigenvalue weighted by Crippen LogP contribution is 2.27. The molecule has 0 aliphatic heterocycles. The zero-order chi connectivity index (χ0) is 13.9. The number of halogens is 1. The quantitative estimate of drug-likeness (QED) is 0.865. The van der Waals surface area contributed by atoms with Crippen LogP contribution in [0.2, 0.25) is 0 Å². The molecule has 1 N–H and O–H groups in total. The van der Waals surface area contributed by atoms with Gasteiger partial charge in [-0.25, -0.2) is 0 Å². The van der Waals surface area contributed by atoms with Crippen LogP contribution in [0.5, 0.6) is 0 Å². The molecule has 5 nitrogen and oxygen atoms in total. The van der Waals surface area contributed by atoms with E-state index in [1.165, 1.54) is 7.11 Å². The molecule has 1 aromatic rings. The van der Waals surface area contributed by atoms with Crippen LogP contribution in [0.3, 0.4) is 0 Å². The Morgan fingerprint density at radius 1 is 1.39 bits per heavy atom. The summed E-state index contributed by atoms with van der Waals surface area (Å²) in [6.07, 6.45) is 0.135. The summed E-state index contributed by atoms with van der Waals surface area (Å²) in [5.74, 6) is 0.565. The second-order valence-corrected chi connectivity index (χ2v) is 4.85. The maximum Gasteiger partial charge on any atom is 0.307 e. The van der Waals surface area contributed by atoms with Crippen molar-refractivity contribution in [3.05, 3.63) is 21.6 Å². The lowest BCUT2D eigenvalue weighted by Gasteiger charge is -2.12. The SMILES string of the molecule is COC(=O)C[C@H](C)NC(=O)c1c(C)oc(C)c1Br. The van der Waals surface area contributed by atoms with Gasteiger partial charge in [-0.3, -0.25) is 9.59 Å². The number of hydrogen-bond donors (Lipinski definition) is 1. The molecule has 0 bridgehead atoms. The number of furan rings is 1. The van der Waals surface area contributed by atoms with Gasteiger partial charge < -0.3 is 14.5 Å². The predicted octanol–water partition coefficient (Wildman–Crippen LogP) is 2.34. The first kappa shape index (κ1) is 14.8. The zero-order valence-corrected chi connectivity index (χ0v) is 12.4. The minimum Gasteiger partial charge on any atom is -0.469 e. The molecule has 1 aromatic heterocycles. The summed E-state index contributed by atoms with van der Waals surface area (Å²) in [6.45, 7) is 5.23. The van der Waals surface area contributed by atoms with Crippen molar-refractivity contribution in [2.75, 3.05) is 7.11 Å². The Balaban J connectivity index is 2.74. The van der Waals surface area contributed by atoms with Crippen LogP contribution < -0.4 is 5.32 Å². The topological polar surface area (TPSA) is 68.5 Å². The highest BCUT2D eigenvalue weighted by atomic mass is 79.9. The number of rotatable bonds is 4. The van der Waals surface area contributed by atoms with Gasteiger partial charge in [0.05, 0.1) is 23.6 Å². The molecule has 0 fully saturated rings. The molecular formula is C12H16BrNO4. The van der Waals surface area contributed by atoms with E-state index < -0.39 is 0 Å². The summed E-state index contributed by atoms with van der Waals surface area (Å²) in [6, 6.07) is -0.300. The molecule has 0 unspecified atom stereocenters. The molecule has 0 aliphatic rings. The normalized spacial score (nSPS) is 12.1. The minimum atomic E-state index is -0.359. The Morgan fingerprint density at radius 3 is 2.44 bits per heavy atom. The summed E-state index contributed by atoms with van der Waals surface area (Å²) >= 11 is 3.31. The molecule has 0 aromatic carbocycles. The zero-order valence-electron chi connectivity index (χ0n) is 10.8. The third kappa shape index (κ3) is 3.35. The van der Waals surface area contributed by atoms with E-state index in [-0.39, 0.29) is 24.3 Å². The molecule has 0 aliphatic carbocycles.